The Morgan fingerprint density at radius 3 is 2.69 bits per heavy atom. The molecule has 2 aromatic rings. The molecule has 2 nitrogen and oxygen atoms in total. The summed E-state index contributed by atoms with van der Waals surface area (Å²) in [7, 11) is 0. The summed E-state index contributed by atoms with van der Waals surface area (Å²) in [5.74, 6) is 0.370. The fourth-order valence-electron chi connectivity index (χ4n) is 2.70. The molecular weight excluding hydrogens is 198 g/mol. The van der Waals surface area contributed by atoms with Gasteiger partial charge in [0.25, 0.3) is 0 Å². The molecule has 0 radical (unpaired) electrons. The van der Waals surface area contributed by atoms with Gasteiger partial charge in [-0.05, 0) is 37.0 Å². The van der Waals surface area contributed by atoms with Gasteiger partial charge in [-0.1, -0.05) is 12.1 Å². The molecule has 0 spiro atoms. The molecule has 1 aliphatic rings. The fourth-order valence-corrected chi connectivity index (χ4v) is 2.70. The van der Waals surface area contributed by atoms with Crippen LogP contribution in [0.4, 0.5) is 0 Å². The summed E-state index contributed by atoms with van der Waals surface area (Å²) in [6.45, 7) is 4.24. The van der Waals surface area contributed by atoms with Crippen LogP contribution in [0.5, 0.6) is 0 Å². The Morgan fingerprint density at radius 2 is 1.88 bits per heavy atom. The smallest absolute Gasteiger partial charge is 0.137 e. The maximum atomic E-state index is 11.5. The molecular formula is C14H15NO. The second-order valence-corrected chi connectivity index (χ2v) is 4.75. The van der Waals surface area contributed by atoms with E-state index in [4.69, 9.17) is 0 Å². The quantitative estimate of drug-likeness (QED) is 0.717. The Hall–Kier alpha value is -1.57. The molecule has 82 valence electrons. The molecule has 0 saturated carbocycles. The van der Waals surface area contributed by atoms with Crippen molar-refractivity contribution in [1.82, 2.24) is 4.98 Å². The highest BCUT2D eigenvalue weighted by atomic mass is 16.1. The largest absolute Gasteiger partial charge is 0.358 e. The van der Waals surface area contributed by atoms with Gasteiger partial charge in [0.1, 0.15) is 5.78 Å². The normalized spacial score (nSPS) is 15.5. The van der Waals surface area contributed by atoms with Crippen LogP contribution in [0.1, 0.15) is 28.8 Å². The van der Waals surface area contributed by atoms with Crippen LogP contribution >= 0.6 is 0 Å². The first kappa shape index (κ1) is 9.64. The van der Waals surface area contributed by atoms with Gasteiger partial charge in [0.2, 0.25) is 0 Å². The van der Waals surface area contributed by atoms with E-state index in [1.54, 1.807) is 0 Å². The van der Waals surface area contributed by atoms with E-state index in [-0.39, 0.29) is 0 Å². The maximum absolute atomic E-state index is 11.5. The third-order valence-corrected chi connectivity index (χ3v) is 3.59. The van der Waals surface area contributed by atoms with Crippen molar-refractivity contribution in [3.63, 3.8) is 0 Å². The van der Waals surface area contributed by atoms with Crippen molar-refractivity contribution in [2.24, 2.45) is 0 Å². The summed E-state index contributed by atoms with van der Waals surface area (Å²) in [5.41, 5.74) is 6.27. The molecule has 1 aliphatic carbocycles. The molecule has 1 heterocycles. The zero-order chi connectivity index (χ0) is 11.3. The van der Waals surface area contributed by atoms with Gasteiger partial charge in [-0.25, -0.2) is 0 Å². The summed E-state index contributed by atoms with van der Waals surface area (Å²) >= 11 is 0. The molecule has 0 atom stereocenters. The number of benzene rings is 1. The van der Waals surface area contributed by atoms with Gasteiger partial charge in [-0.3, -0.25) is 4.79 Å². The van der Waals surface area contributed by atoms with Crippen LogP contribution in [0.2, 0.25) is 0 Å². The van der Waals surface area contributed by atoms with Gasteiger partial charge in [-0.15, -0.1) is 0 Å². The predicted octanol–water partition coefficient (Wildman–Crippen LogP) is 2.84. The summed E-state index contributed by atoms with van der Waals surface area (Å²) in [5, 5.41) is 1.28. The molecule has 16 heavy (non-hydrogen) atoms. The van der Waals surface area contributed by atoms with E-state index in [0.29, 0.717) is 18.6 Å². The number of H-pyrrole nitrogens is 1. The van der Waals surface area contributed by atoms with Crippen LogP contribution in [-0.2, 0) is 17.6 Å². The number of rotatable bonds is 0. The summed E-state index contributed by atoms with van der Waals surface area (Å²) < 4.78 is 0. The monoisotopic (exact) mass is 213 g/mol. The second-order valence-electron chi connectivity index (χ2n) is 4.75. The summed E-state index contributed by atoms with van der Waals surface area (Å²) in [4.78, 5) is 15.0. The number of carbonyl (C=O) groups excluding carboxylic acids is 1. The number of aryl methyl sites for hydroxylation is 3. The number of hydrogen-bond donors (Lipinski definition) is 1. The zero-order valence-corrected chi connectivity index (χ0v) is 9.68. The highest BCUT2D eigenvalue weighted by Gasteiger charge is 2.21. The van der Waals surface area contributed by atoms with Crippen molar-refractivity contribution < 1.29 is 4.79 Å². The molecule has 1 N–H and O–H groups in total. The first-order valence-corrected chi connectivity index (χ1v) is 5.78. The number of hydrogen-bond acceptors (Lipinski definition) is 1. The van der Waals surface area contributed by atoms with Crippen LogP contribution in [0, 0.1) is 13.8 Å². The predicted molar refractivity (Wildman–Crippen MR) is 64.8 cm³/mol. The lowest BCUT2D eigenvalue weighted by atomic mass is 9.92. The summed E-state index contributed by atoms with van der Waals surface area (Å²) in [6, 6.07) is 4.28. The third-order valence-electron chi connectivity index (χ3n) is 3.59. The highest BCUT2D eigenvalue weighted by Crippen LogP contribution is 2.31. The molecule has 1 aromatic carbocycles. The van der Waals surface area contributed by atoms with Crippen LogP contribution in [0.15, 0.2) is 12.1 Å². The molecule has 0 amide bonds. The molecule has 1 aromatic heterocycles. The van der Waals surface area contributed by atoms with E-state index >= 15 is 0 Å². The topological polar surface area (TPSA) is 32.9 Å². The molecule has 0 unspecified atom stereocenters. The van der Waals surface area contributed by atoms with E-state index < -0.39 is 0 Å². The minimum absolute atomic E-state index is 0.370. The molecule has 0 saturated heterocycles. The minimum Gasteiger partial charge on any atom is -0.358 e. The van der Waals surface area contributed by atoms with E-state index in [9.17, 15) is 4.79 Å². The Balaban J connectivity index is 2.38. The Bertz CT molecular complexity index is 592. The lowest BCUT2D eigenvalue weighted by Gasteiger charge is -2.10. The van der Waals surface area contributed by atoms with Gasteiger partial charge in [0.05, 0.1) is 0 Å². The number of ketones is 1. The number of nitrogens with one attached hydrogen (secondary N) is 1. The highest BCUT2D eigenvalue weighted by molar-refractivity contribution is 5.95. The molecule has 2 heteroatoms. The van der Waals surface area contributed by atoms with Gasteiger partial charge < -0.3 is 4.98 Å². The van der Waals surface area contributed by atoms with Crippen molar-refractivity contribution in [3.8, 4) is 0 Å². The second kappa shape index (κ2) is 3.21. The molecule has 0 fully saturated rings. The molecule has 0 bridgehead atoms. The van der Waals surface area contributed by atoms with Crippen molar-refractivity contribution in [3.05, 3.63) is 34.5 Å². The number of fused-ring (bicyclic) bond motifs is 3. The van der Waals surface area contributed by atoms with E-state index in [2.05, 4.69) is 31.0 Å². The number of Topliss-reactive ketones (excluding diaryl/α,β-unsaturated/α-hetero) is 1. The van der Waals surface area contributed by atoms with Crippen molar-refractivity contribution in [2.45, 2.75) is 33.1 Å². The van der Waals surface area contributed by atoms with E-state index in [0.717, 1.165) is 6.42 Å². The average Bonchev–Trinajstić information content (AvgIpc) is 2.63. The van der Waals surface area contributed by atoms with Crippen molar-refractivity contribution in [1.29, 1.82) is 0 Å². The van der Waals surface area contributed by atoms with Crippen LogP contribution in [-0.4, -0.2) is 10.8 Å². The molecule has 0 aliphatic heterocycles. The average molecular weight is 213 g/mol. The lowest BCUT2D eigenvalue weighted by molar-refractivity contribution is -0.118. The van der Waals surface area contributed by atoms with Gasteiger partial charge in [0.15, 0.2) is 0 Å². The number of aromatic nitrogens is 1. The van der Waals surface area contributed by atoms with Gasteiger partial charge in [0, 0.05) is 29.4 Å². The standard InChI is InChI=1S/C14H15NO/c1-8-3-4-9(2)14-13(8)11-7-10(16)5-6-12(11)15-14/h3-4,15H,5-7H2,1-2H3. The maximum Gasteiger partial charge on any atom is 0.137 e. The van der Waals surface area contributed by atoms with E-state index in [1.807, 2.05) is 0 Å². The first-order valence-electron chi connectivity index (χ1n) is 5.78. The van der Waals surface area contributed by atoms with Crippen LogP contribution in [0.25, 0.3) is 10.9 Å². The SMILES string of the molecule is Cc1ccc(C)c2c3c([nH]c12)CCC(=O)C3. The Labute approximate surface area is 94.7 Å². The van der Waals surface area contributed by atoms with Crippen molar-refractivity contribution >= 4 is 16.7 Å². The summed E-state index contributed by atoms with van der Waals surface area (Å²) in [6.07, 6.45) is 2.18. The van der Waals surface area contributed by atoms with Crippen LogP contribution in [0.3, 0.4) is 0 Å². The molecule has 3 rings (SSSR count). The Morgan fingerprint density at radius 1 is 1.12 bits per heavy atom. The number of carbonyl (C=O) groups is 1. The fraction of sp³-hybridized carbons (Fsp3) is 0.357. The zero-order valence-electron chi connectivity index (χ0n) is 9.68. The van der Waals surface area contributed by atoms with Crippen LogP contribution < -0.4 is 0 Å². The third kappa shape index (κ3) is 1.22. The van der Waals surface area contributed by atoms with Gasteiger partial charge >= 0.3 is 0 Å². The lowest BCUT2D eigenvalue weighted by Crippen LogP contribution is -2.12. The van der Waals surface area contributed by atoms with E-state index in [1.165, 1.54) is 33.3 Å². The van der Waals surface area contributed by atoms with Gasteiger partial charge in [-0.2, -0.15) is 0 Å². The van der Waals surface area contributed by atoms with Crippen molar-refractivity contribution in [2.75, 3.05) is 0 Å². The number of aromatic amines is 1. The first-order chi connectivity index (χ1) is 7.66. The minimum atomic E-state index is 0.370. The Kier molecular flexibility index (Phi) is 1.93.